The Morgan fingerprint density at radius 1 is 1.40 bits per heavy atom. The van der Waals surface area contributed by atoms with Crippen molar-refractivity contribution in [3.05, 3.63) is 35.4 Å². The predicted octanol–water partition coefficient (Wildman–Crippen LogP) is 3.29. The van der Waals surface area contributed by atoms with Crippen LogP contribution in [-0.2, 0) is 6.18 Å². The van der Waals surface area contributed by atoms with Crippen molar-refractivity contribution in [3.63, 3.8) is 0 Å². The van der Waals surface area contributed by atoms with Crippen LogP contribution in [0.1, 0.15) is 24.5 Å². The van der Waals surface area contributed by atoms with Crippen LogP contribution in [0.25, 0.3) is 0 Å². The van der Waals surface area contributed by atoms with Gasteiger partial charge in [-0.2, -0.15) is 13.2 Å². The quantitative estimate of drug-likeness (QED) is 0.460. The molecule has 5 heteroatoms. The molecular weight excluding hydrogens is 207 g/mol. The maximum Gasteiger partial charge on any atom is 0.416 e. The van der Waals surface area contributed by atoms with Crippen LogP contribution < -0.4 is 0 Å². The molecule has 2 nitrogen and oxygen atoms in total. The molecule has 0 unspecified atom stereocenters. The lowest BCUT2D eigenvalue weighted by molar-refractivity contribution is -0.137. The second kappa shape index (κ2) is 4.33. The van der Waals surface area contributed by atoms with Crippen molar-refractivity contribution < 1.29 is 18.4 Å². The molecule has 0 aliphatic heterocycles. The molecule has 0 saturated heterocycles. The molecule has 0 amide bonds. The molecule has 1 aromatic rings. The molecule has 1 N–H and O–H groups in total. The van der Waals surface area contributed by atoms with E-state index in [2.05, 4.69) is 5.16 Å². The topological polar surface area (TPSA) is 32.6 Å². The summed E-state index contributed by atoms with van der Waals surface area (Å²) in [7, 11) is 0. The molecule has 0 aromatic heterocycles. The Balaban J connectivity index is 3.14. The van der Waals surface area contributed by atoms with Gasteiger partial charge < -0.3 is 5.21 Å². The summed E-state index contributed by atoms with van der Waals surface area (Å²) < 4.78 is 37.0. The van der Waals surface area contributed by atoms with Gasteiger partial charge in [0.25, 0.3) is 0 Å². The zero-order valence-corrected chi connectivity index (χ0v) is 8.04. The van der Waals surface area contributed by atoms with Gasteiger partial charge >= 0.3 is 6.18 Å². The SMILES string of the molecule is CCC(=NO)c1cccc(C(F)(F)F)c1. The smallest absolute Gasteiger partial charge is 0.411 e. The summed E-state index contributed by atoms with van der Waals surface area (Å²) in [4.78, 5) is 0. The van der Waals surface area contributed by atoms with Crippen molar-refractivity contribution in [3.8, 4) is 0 Å². The highest BCUT2D eigenvalue weighted by Crippen LogP contribution is 2.29. The zero-order chi connectivity index (χ0) is 11.5. The van der Waals surface area contributed by atoms with Crippen molar-refractivity contribution in [1.82, 2.24) is 0 Å². The van der Waals surface area contributed by atoms with E-state index >= 15 is 0 Å². The molecule has 0 fully saturated rings. The minimum atomic E-state index is -4.37. The normalized spacial score (nSPS) is 12.9. The Morgan fingerprint density at radius 2 is 2.07 bits per heavy atom. The first-order chi connectivity index (χ1) is 6.99. The minimum Gasteiger partial charge on any atom is -0.411 e. The van der Waals surface area contributed by atoms with Crippen LogP contribution in [0.3, 0.4) is 0 Å². The second-order valence-corrected chi connectivity index (χ2v) is 2.98. The summed E-state index contributed by atoms with van der Waals surface area (Å²) in [5.74, 6) is 0. The number of hydrogen-bond acceptors (Lipinski definition) is 2. The van der Waals surface area contributed by atoms with Crippen LogP contribution in [0.4, 0.5) is 13.2 Å². The van der Waals surface area contributed by atoms with Crippen molar-refractivity contribution in [2.75, 3.05) is 0 Å². The lowest BCUT2D eigenvalue weighted by atomic mass is 10.0. The maximum atomic E-state index is 12.3. The Bertz CT molecular complexity index is 371. The molecule has 0 aliphatic rings. The molecule has 0 aliphatic carbocycles. The molecular formula is C10H10F3NO. The van der Waals surface area contributed by atoms with Gasteiger partial charge in [0, 0.05) is 0 Å². The van der Waals surface area contributed by atoms with Crippen LogP contribution in [0.15, 0.2) is 29.4 Å². The number of halogens is 3. The Labute approximate surface area is 85.0 Å². The van der Waals surface area contributed by atoms with Crippen LogP contribution in [0.5, 0.6) is 0 Å². The number of nitrogens with zero attached hydrogens (tertiary/aromatic N) is 1. The van der Waals surface area contributed by atoms with Crippen molar-refractivity contribution in [1.29, 1.82) is 0 Å². The summed E-state index contributed by atoms with van der Waals surface area (Å²) in [6.07, 6.45) is -4.00. The molecule has 1 aromatic carbocycles. The first-order valence-electron chi connectivity index (χ1n) is 4.37. The van der Waals surface area contributed by atoms with Gasteiger partial charge in [0.05, 0.1) is 11.3 Å². The zero-order valence-electron chi connectivity index (χ0n) is 8.04. The standard InChI is InChI=1S/C10H10F3NO/c1-2-9(14-15)7-4-3-5-8(6-7)10(11,12)13/h3-6,15H,2H2,1H3. The Morgan fingerprint density at radius 3 is 2.53 bits per heavy atom. The molecule has 15 heavy (non-hydrogen) atoms. The van der Waals surface area contributed by atoms with E-state index in [-0.39, 0.29) is 11.3 Å². The molecule has 0 radical (unpaired) electrons. The van der Waals surface area contributed by atoms with E-state index in [1.807, 2.05) is 0 Å². The van der Waals surface area contributed by atoms with E-state index in [4.69, 9.17) is 5.21 Å². The van der Waals surface area contributed by atoms with E-state index in [0.29, 0.717) is 6.42 Å². The summed E-state index contributed by atoms with van der Waals surface area (Å²) in [5.41, 5.74) is -0.217. The summed E-state index contributed by atoms with van der Waals surface area (Å²) in [5, 5.41) is 11.5. The fourth-order valence-electron chi connectivity index (χ4n) is 1.21. The molecule has 1 rings (SSSR count). The van der Waals surface area contributed by atoms with E-state index < -0.39 is 11.7 Å². The highest BCUT2D eigenvalue weighted by atomic mass is 19.4. The minimum absolute atomic E-state index is 0.237. The number of alkyl halides is 3. The van der Waals surface area contributed by atoms with E-state index in [1.165, 1.54) is 12.1 Å². The van der Waals surface area contributed by atoms with Gasteiger partial charge in [-0.3, -0.25) is 0 Å². The monoisotopic (exact) mass is 217 g/mol. The molecule has 0 spiro atoms. The molecule has 0 bridgehead atoms. The number of benzene rings is 1. The van der Waals surface area contributed by atoms with Crippen LogP contribution in [0.2, 0.25) is 0 Å². The van der Waals surface area contributed by atoms with Crippen molar-refractivity contribution in [2.45, 2.75) is 19.5 Å². The fraction of sp³-hybridized carbons (Fsp3) is 0.300. The van der Waals surface area contributed by atoms with Crippen LogP contribution in [0, 0.1) is 0 Å². The fourth-order valence-corrected chi connectivity index (χ4v) is 1.21. The average Bonchev–Trinajstić information content (AvgIpc) is 2.19. The summed E-state index contributed by atoms with van der Waals surface area (Å²) in [6, 6.07) is 4.72. The van der Waals surface area contributed by atoms with E-state index in [1.54, 1.807) is 6.92 Å². The first kappa shape index (κ1) is 11.6. The highest BCUT2D eigenvalue weighted by Gasteiger charge is 2.30. The van der Waals surface area contributed by atoms with Crippen molar-refractivity contribution in [2.24, 2.45) is 5.16 Å². The van der Waals surface area contributed by atoms with Crippen LogP contribution in [-0.4, -0.2) is 10.9 Å². The van der Waals surface area contributed by atoms with E-state index in [0.717, 1.165) is 12.1 Å². The molecule has 0 heterocycles. The molecule has 82 valence electrons. The van der Waals surface area contributed by atoms with Gasteiger partial charge in [-0.25, -0.2) is 0 Å². The lowest BCUT2D eigenvalue weighted by Gasteiger charge is -2.08. The van der Waals surface area contributed by atoms with Crippen LogP contribution >= 0.6 is 0 Å². The Kier molecular flexibility index (Phi) is 3.34. The van der Waals surface area contributed by atoms with Gasteiger partial charge in [-0.1, -0.05) is 24.2 Å². The van der Waals surface area contributed by atoms with Gasteiger partial charge in [-0.15, -0.1) is 0 Å². The summed E-state index contributed by atoms with van der Waals surface area (Å²) in [6.45, 7) is 1.70. The number of rotatable bonds is 2. The molecule has 0 saturated carbocycles. The highest BCUT2D eigenvalue weighted by molar-refractivity contribution is 6.00. The summed E-state index contributed by atoms with van der Waals surface area (Å²) >= 11 is 0. The van der Waals surface area contributed by atoms with Gasteiger partial charge in [-0.05, 0) is 24.1 Å². The maximum absolute atomic E-state index is 12.3. The Hall–Kier alpha value is -1.52. The average molecular weight is 217 g/mol. The second-order valence-electron chi connectivity index (χ2n) is 2.98. The number of oxime groups is 1. The van der Waals surface area contributed by atoms with Gasteiger partial charge in [0.1, 0.15) is 0 Å². The number of hydrogen-bond donors (Lipinski definition) is 1. The third-order valence-corrected chi connectivity index (χ3v) is 1.98. The van der Waals surface area contributed by atoms with Gasteiger partial charge in [0.2, 0.25) is 0 Å². The van der Waals surface area contributed by atoms with Gasteiger partial charge in [0.15, 0.2) is 0 Å². The third-order valence-electron chi connectivity index (χ3n) is 1.98. The lowest BCUT2D eigenvalue weighted by Crippen LogP contribution is -2.07. The first-order valence-corrected chi connectivity index (χ1v) is 4.37. The van der Waals surface area contributed by atoms with Crippen molar-refractivity contribution >= 4 is 5.71 Å². The molecule has 0 atom stereocenters. The van der Waals surface area contributed by atoms with E-state index in [9.17, 15) is 13.2 Å². The largest absolute Gasteiger partial charge is 0.416 e. The predicted molar refractivity (Wildman–Crippen MR) is 50.1 cm³/mol. The third kappa shape index (κ3) is 2.71.